The van der Waals surface area contributed by atoms with Crippen molar-refractivity contribution in [1.82, 2.24) is 20.2 Å². The molecular weight excluding hydrogens is 212 g/mol. The fraction of sp³-hybridized carbons (Fsp3) is 0.375. The first-order valence-corrected chi connectivity index (χ1v) is 5.32. The molecule has 2 aromatic heterocycles. The number of nitrogens with one attached hydrogen (secondary N) is 1. The van der Waals surface area contributed by atoms with Crippen LogP contribution in [0.15, 0.2) is 5.51 Å². The number of nitrogens with two attached hydrogens (primary N) is 1. The van der Waals surface area contributed by atoms with Crippen molar-refractivity contribution in [3.05, 3.63) is 16.1 Å². The Labute approximate surface area is 91.2 Å². The number of aromatic nitrogens is 4. The fourth-order valence-corrected chi connectivity index (χ4v) is 2.03. The maximum absolute atomic E-state index is 5.45. The van der Waals surface area contributed by atoms with E-state index in [9.17, 15) is 0 Å². The molecule has 2 rings (SSSR count). The Hall–Kier alpha value is -1.63. The van der Waals surface area contributed by atoms with E-state index in [0.717, 1.165) is 12.2 Å². The van der Waals surface area contributed by atoms with Crippen LogP contribution in [0.1, 0.15) is 10.6 Å². The Balaban J connectivity index is 2.10. The van der Waals surface area contributed by atoms with Crippen molar-refractivity contribution in [2.75, 3.05) is 17.7 Å². The lowest BCUT2D eigenvalue weighted by molar-refractivity contribution is 0.874. The van der Waals surface area contributed by atoms with Crippen molar-refractivity contribution in [3.8, 4) is 0 Å². The summed E-state index contributed by atoms with van der Waals surface area (Å²) in [6.45, 7) is 2.74. The van der Waals surface area contributed by atoms with Crippen LogP contribution in [0, 0.1) is 6.92 Å². The summed E-state index contributed by atoms with van der Waals surface area (Å²) in [5.74, 6) is 0.929. The predicted octanol–water partition coefficient (Wildman–Crippen LogP) is 0.788. The molecular formula is C8H12N6S. The molecule has 0 saturated carbocycles. The molecule has 80 valence electrons. The highest BCUT2D eigenvalue weighted by Crippen LogP contribution is 2.16. The normalized spacial score (nSPS) is 10.5. The highest BCUT2D eigenvalue weighted by molar-refractivity contribution is 7.09. The number of rotatable bonds is 3. The van der Waals surface area contributed by atoms with Gasteiger partial charge in [-0.1, -0.05) is 0 Å². The zero-order valence-electron chi connectivity index (χ0n) is 8.56. The number of hydrogen-bond donors (Lipinski definition) is 2. The monoisotopic (exact) mass is 224 g/mol. The molecule has 0 bridgehead atoms. The molecule has 2 aromatic rings. The lowest BCUT2D eigenvalue weighted by atomic mass is 10.4. The Morgan fingerprint density at radius 1 is 1.60 bits per heavy atom. The summed E-state index contributed by atoms with van der Waals surface area (Å²) in [6, 6.07) is 0. The molecule has 0 aliphatic carbocycles. The molecule has 0 aliphatic rings. The zero-order chi connectivity index (χ0) is 10.8. The summed E-state index contributed by atoms with van der Waals surface area (Å²) < 4.78 is 0. The largest absolute Gasteiger partial charge is 0.368 e. The van der Waals surface area contributed by atoms with Gasteiger partial charge < -0.3 is 10.6 Å². The number of anilines is 2. The quantitative estimate of drug-likeness (QED) is 0.805. The van der Waals surface area contributed by atoms with E-state index in [4.69, 9.17) is 5.73 Å². The minimum atomic E-state index is 0.331. The van der Waals surface area contributed by atoms with E-state index in [0.29, 0.717) is 11.9 Å². The van der Waals surface area contributed by atoms with Crippen molar-refractivity contribution in [3.63, 3.8) is 0 Å². The van der Waals surface area contributed by atoms with Gasteiger partial charge in [0.1, 0.15) is 0 Å². The van der Waals surface area contributed by atoms with Crippen LogP contribution in [0.25, 0.3) is 0 Å². The summed E-state index contributed by atoms with van der Waals surface area (Å²) >= 11 is 1.63. The number of H-pyrrole nitrogens is 1. The third-order valence-corrected chi connectivity index (χ3v) is 2.98. The molecule has 0 fully saturated rings. The number of thiazole rings is 1. The van der Waals surface area contributed by atoms with E-state index >= 15 is 0 Å². The van der Waals surface area contributed by atoms with Crippen LogP contribution in [0.3, 0.4) is 0 Å². The molecule has 15 heavy (non-hydrogen) atoms. The van der Waals surface area contributed by atoms with Gasteiger partial charge in [0.15, 0.2) is 0 Å². The van der Waals surface area contributed by atoms with E-state index < -0.39 is 0 Å². The fourth-order valence-electron chi connectivity index (χ4n) is 1.20. The predicted molar refractivity (Wildman–Crippen MR) is 59.8 cm³/mol. The van der Waals surface area contributed by atoms with E-state index in [1.54, 1.807) is 11.3 Å². The van der Waals surface area contributed by atoms with E-state index in [1.165, 1.54) is 4.88 Å². The molecule has 0 saturated heterocycles. The third kappa shape index (κ3) is 2.07. The van der Waals surface area contributed by atoms with Crippen LogP contribution >= 0.6 is 11.3 Å². The molecule has 2 heterocycles. The molecule has 0 aromatic carbocycles. The first-order chi connectivity index (χ1) is 7.16. The van der Waals surface area contributed by atoms with Gasteiger partial charge in [-0.3, -0.25) is 0 Å². The maximum atomic E-state index is 5.45. The summed E-state index contributed by atoms with van der Waals surface area (Å²) in [5, 5.41) is 6.58. The summed E-state index contributed by atoms with van der Waals surface area (Å²) in [5.41, 5.74) is 8.34. The van der Waals surface area contributed by atoms with Gasteiger partial charge in [-0.15, -0.1) is 16.4 Å². The van der Waals surface area contributed by atoms with Crippen molar-refractivity contribution >= 4 is 23.2 Å². The second-order valence-electron chi connectivity index (χ2n) is 3.24. The van der Waals surface area contributed by atoms with E-state index in [-0.39, 0.29) is 0 Å². The van der Waals surface area contributed by atoms with Crippen LogP contribution in [0.2, 0.25) is 0 Å². The highest BCUT2D eigenvalue weighted by Gasteiger charge is 2.10. The topological polar surface area (TPSA) is 83.7 Å². The SMILES string of the molecule is Cc1ncsc1CN(C)c1n[nH]c(N)n1. The van der Waals surface area contributed by atoms with Crippen molar-refractivity contribution in [1.29, 1.82) is 0 Å². The minimum absolute atomic E-state index is 0.331. The van der Waals surface area contributed by atoms with Crippen LogP contribution in [-0.4, -0.2) is 27.2 Å². The number of hydrogen-bond acceptors (Lipinski definition) is 6. The first-order valence-electron chi connectivity index (χ1n) is 4.45. The first kappa shape index (κ1) is 9.91. The number of aromatic amines is 1. The standard InChI is InChI=1S/C8H12N6S/c1-5-6(15-4-10-5)3-14(2)8-11-7(9)12-13-8/h4H,3H2,1-2H3,(H3,9,11,12,13). The Bertz CT molecular complexity index is 447. The highest BCUT2D eigenvalue weighted by atomic mass is 32.1. The molecule has 0 unspecified atom stereocenters. The molecule has 0 atom stereocenters. The molecule has 0 radical (unpaired) electrons. The lowest BCUT2D eigenvalue weighted by Gasteiger charge is -2.13. The van der Waals surface area contributed by atoms with E-state index in [1.807, 2.05) is 24.4 Å². The lowest BCUT2D eigenvalue weighted by Crippen LogP contribution is -2.17. The smallest absolute Gasteiger partial charge is 0.246 e. The number of nitrogen functional groups attached to an aromatic ring is 1. The summed E-state index contributed by atoms with van der Waals surface area (Å²) in [4.78, 5) is 11.4. The molecule has 6 nitrogen and oxygen atoms in total. The van der Waals surface area contributed by atoms with E-state index in [2.05, 4.69) is 20.2 Å². The number of aryl methyl sites for hydroxylation is 1. The molecule has 0 spiro atoms. The Kier molecular flexibility index (Phi) is 2.55. The maximum Gasteiger partial charge on any atom is 0.246 e. The second kappa shape index (κ2) is 3.85. The molecule has 0 aliphatic heterocycles. The molecule has 0 amide bonds. The van der Waals surface area contributed by atoms with Gasteiger partial charge in [-0.25, -0.2) is 10.1 Å². The van der Waals surface area contributed by atoms with Crippen molar-refractivity contribution < 1.29 is 0 Å². The van der Waals surface area contributed by atoms with Gasteiger partial charge in [0.25, 0.3) is 0 Å². The Morgan fingerprint density at radius 2 is 2.40 bits per heavy atom. The van der Waals surface area contributed by atoms with Gasteiger partial charge in [0.05, 0.1) is 17.7 Å². The van der Waals surface area contributed by atoms with Gasteiger partial charge in [-0.05, 0) is 6.92 Å². The van der Waals surface area contributed by atoms with Crippen LogP contribution in [0.4, 0.5) is 11.9 Å². The van der Waals surface area contributed by atoms with Crippen molar-refractivity contribution in [2.24, 2.45) is 0 Å². The van der Waals surface area contributed by atoms with Gasteiger partial charge in [-0.2, -0.15) is 4.98 Å². The van der Waals surface area contributed by atoms with Gasteiger partial charge in [0.2, 0.25) is 11.9 Å². The van der Waals surface area contributed by atoms with Crippen LogP contribution < -0.4 is 10.6 Å². The number of nitrogens with zero attached hydrogens (tertiary/aromatic N) is 4. The third-order valence-electron chi connectivity index (χ3n) is 2.06. The second-order valence-corrected chi connectivity index (χ2v) is 4.18. The molecule has 3 N–H and O–H groups in total. The Morgan fingerprint density at radius 3 is 2.93 bits per heavy atom. The van der Waals surface area contributed by atoms with Crippen molar-refractivity contribution in [2.45, 2.75) is 13.5 Å². The summed E-state index contributed by atoms with van der Waals surface area (Å²) in [7, 11) is 1.92. The average Bonchev–Trinajstić information content (AvgIpc) is 2.77. The zero-order valence-corrected chi connectivity index (χ0v) is 9.38. The van der Waals surface area contributed by atoms with Crippen LogP contribution in [0.5, 0.6) is 0 Å². The minimum Gasteiger partial charge on any atom is -0.368 e. The molecule has 7 heteroatoms. The summed E-state index contributed by atoms with van der Waals surface area (Å²) in [6.07, 6.45) is 0. The average molecular weight is 224 g/mol. The van der Waals surface area contributed by atoms with Gasteiger partial charge >= 0.3 is 0 Å². The van der Waals surface area contributed by atoms with Gasteiger partial charge in [0, 0.05) is 11.9 Å². The van der Waals surface area contributed by atoms with Crippen LogP contribution in [-0.2, 0) is 6.54 Å².